The van der Waals surface area contributed by atoms with Crippen LogP contribution in [0, 0.1) is 0 Å². The molecule has 0 saturated heterocycles. The van der Waals surface area contributed by atoms with Gasteiger partial charge in [-0.15, -0.1) is 0 Å². The molecule has 0 bridgehead atoms. The Kier molecular flexibility index (Phi) is 5.21. The normalized spacial score (nSPS) is 20.6. The van der Waals surface area contributed by atoms with Gasteiger partial charge in [-0.25, -0.2) is 0 Å². The minimum atomic E-state index is 0.163. The molecule has 2 aromatic rings. The summed E-state index contributed by atoms with van der Waals surface area (Å²) >= 11 is 0. The fourth-order valence-electron chi connectivity index (χ4n) is 4.52. The monoisotopic (exact) mass is 377 g/mol. The highest BCUT2D eigenvalue weighted by Gasteiger charge is 2.34. The molecule has 1 fully saturated rings. The third-order valence-electron chi connectivity index (χ3n) is 6.04. The number of aliphatic imine (C=N–C) groups is 1. The molecule has 4 nitrogen and oxygen atoms in total. The molecular weight excluding hydrogens is 350 g/mol. The zero-order chi connectivity index (χ0) is 19.7. The van der Waals surface area contributed by atoms with Gasteiger partial charge in [0, 0.05) is 29.0 Å². The van der Waals surface area contributed by atoms with Crippen molar-refractivity contribution < 1.29 is 14.3 Å². The summed E-state index contributed by atoms with van der Waals surface area (Å²) in [5, 5.41) is 0. The highest BCUT2D eigenvalue weighted by Crippen LogP contribution is 2.44. The van der Waals surface area contributed by atoms with Crippen molar-refractivity contribution >= 4 is 11.5 Å². The molecule has 1 aliphatic heterocycles. The summed E-state index contributed by atoms with van der Waals surface area (Å²) in [6, 6.07) is 12.4. The van der Waals surface area contributed by atoms with E-state index in [4.69, 9.17) is 14.5 Å². The number of fused-ring (bicyclic) bond motifs is 3. The lowest BCUT2D eigenvalue weighted by Gasteiger charge is -2.35. The number of carbonyl (C=O) groups excluding carboxylic acids is 1. The van der Waals surface area contributed by atoms with Gasteiger partial charge >= 0.3 is 0 Å². The van der Waals surface area contributed by atoms with Crippen LogP contribution in [0.4, 0.5) is 0 Å². The summed E-state index contributed by atoms with van der Waals surface area (Å²) in [5.41, 5.74) is 5.22. The second kappa shape index (κ2) is 7.78. The van der Waals surface area contributed by atoms with Crippen molar-refractivity contribution in [1.29, 1.82) is 0 Å². The van der Waals surface area contributed by atoms with Gasteiger partial charge in [-0.1, -0.05) is 44.0 Å². The molecule has 1 saturated carbocycles. The lowest BCUT2D eigenvalue weighted by atomic mass is 9.75. The number of nitrogens with zero attached hydrogens (tertiary/aromatic N) is 1. The number of rotatable bonds is 5. The van der Waals surface area contributed by atoms with E-state index in [1.54, 1.807) is 14.2 Å². The molecule has 1 heterocycles. The van der Waals surface area contributed by atoms with Gasteiger partial charge in [0.25, 0.3) is 0 Å². The quantitative estimate of drug-likeness (QED) is 0.675. The first kappa shape index (κ1) is 18.7. The average molecular weight is 377 g/mol. The maximum Gasteiger partial charge on any atom is 0.162 e. The lowest BCUT2D eigenvalue weighted by Crippen LogP contribution is -2.29. The Morgan fingerprint density at radius 1 is 1.04 bits per heavy atom. The average Bonchev–Trinajstić information content (AvgIpc) is 2.77. The zero-order valence-electron chi connectivity index (χ0n) is 16.8. The second-order valence-electron chi connectivity index (χ2n) is 7.58. The van der Waals surface area contributed by atoms with Gasteiger partial charge in [-0.05, 0) is 30.5 Å². The molecule has 4 rings (SSSR count). The van der Waals surface area contributed by atoms with Gasteiger partial charge in [0.05, 0.1) is 26.0 Å². The Hall–Kier alpha value is -2.62. The van der Waals surface area contributed by atoms with Crippen molar-refractivity contribution in [3.05, 3.63) is 58.7 Å². The largest absolute Gasteiger partial charge is 0.493 e. The summed E-state index contributed by atoms with van der Waals surface area (Å²) in [5.74, 6) is 2.10. The molecule has 0 amide bonds. The number of ether oxygens (including phenoxy) is 2. The van der Waals surface area contributed by atoms with E-state index in [0.717, 1.165) is 46.7 Å². The molecule has 0 N–H and O–H groups in total. The van der Waals surface area contributed by atoms with Crippen LogP contribution in [-0.4, -0.2) is 31.8 Å². The van der Waals surface area contributed by atoms with Crippen molar-refractivity contribution in [3.63, 3.8) is 0 Å². The summed E-state index contributed by atoms with van der Waals surface area (Å²) in [7, 11) is 3.35. The molecule has 4 heteroatoms. The topological polar surface area (TPSA) is 47.9 Å². The van der Waals surface area contributed by atoms with Crippen molar-refractivity contribution in [3.8, 4) is 11.5 Å². The van der Waals surface area contributed by atoms with Gasteiger partial charge in [0.1, 0.15) is 0 Å². The summed E-state index contributed by atoms with van der Waals surface area (Å²) in [6.07, 6.45) is 5.27. The Morgan fingerprint density at radius 3 is 2.39 bits per heavy atom. The van der Waals surface area contributed by atoms with Gasteiger partial charge < -0.3 is 9.47 Å². The van der Waals surface area contributed by atoms with Gasteiger partial charge in [-0.2, -0.15) is 0 Å². The fourth-order valence-corrected chi connectivity index (χ4v) is 4.52. The summed E-state index contributed by atoms with van der Waals surface area (Å²) < 4.78 is 11.1. The minimum absolute atomic E-state index is 0.163. The minimum Gasteiger partial charge on any atom is -0.493 e. The van der Waals surface area contributed by atoms with E-state index in [1.165, 1.54) is 18.4 Å². The Bertz CT molecular complexity index is 914. The fraction of sp³-hybridized carbons (Fsp3) is 0.417. The number of hydrogen-bond acceptors (Lipinski definition) is 4. The highest BCUT2D eigenvalue weighted by atomic mass is 16.5. The van der Waals surface area contributed by atoms with Crippen molar-refractivity contribution in [2.75, 3.05) is 14.2 Å². The SMILES string of the molecule is CCC(=O)c1ccc(C2=N[C@@H]3CCCC[C@@H]3c3cc(OC)c(OC)cc32)cc1. The van der Waals surface area contributed by atoms with Crippen LogP contribution in [0.15, 0.2) is 41.4 Å². The second-order valence-corrected chi connectivity index (χ2v) is 7.58. The van der Waals surface area contributed by atoms with Crippen LogP contribution in [0.5, 0.6) is 11.5 Å². The van der Waals surface area contributed by atoms with E-state index >= 15 is 0 Å². The van der Waals surface area contributed by atoms with Gasteiger partial charge in [0.2, 0.25) is 0 Å². The Balaban J connectivity index is 1.83. The Labute approximate surface area is 166 Å². The maximum atomic E-state index is 12.0. The van der Waals surface area contributed by atoms with E-state index in [9.17, 15) is 4.79 Å². The summed E-state index contributed by atoms with van der Waals surface area (Å²) in [4.78, 5) is 17.2. The molecule has 2 aliphatic rings. The smallest absolute Gasteiger partial charge is 0.162 e. The first-order chi connectivity index (χ1) is 13.7. The lowest BCUT2D eigenvalue weighted by molar-refractivity contribution is 0.0988. The summed E-state index contributed by atoms with van der Waals surface area (Å²) in [6.45, 7) is 1.89. The molecule has 146 valence electrons. The van der Waals surface area contributed by atoms with Gasteiger partial charge in [0.15, 0.2) is 17.3 Å². The molecule has 2 aromatic carbocycles. The molecule has 0 aromatic heterocycles. The molecule has 0 unspecified atom stereocenters. The first-order valence-electron chi connectivity index (χ1n) is 10.1. The number of carbonyl (C=O) groups is 1. The number of Topliss-reactive ketones (excluding diaryl/α,β-unsaturated/α-hetero) is 1. The van der Waals surface area contributed by atoms with Crippen LogP contribution in [0.3, 0.4) is 0 Å². The third-order valence-corrected chi connectivity index (χ3v) is 6.04. The standard InChI is InChI=1S/C24H27NO3/c1-4-21(26)15-9-11-16(12-10-15)24-19-14-23(28-3)22(27-2)13-18(19)17-7-5-6-8-20(17)25-24/h9-14,17,20H,4-8H2,1-3H3/t17-,20-/m1/s1. The zero-order valence-corrected chi connectivity index (χ0v) is 16.8. The molecule has 1 aliphatic carbocycles. The number of hydrogen-bond donors (Lipinski definition) is 0. The first-order valence-corrected chi connectivity index (χ1v) is 10.1. The van der Waals surface area contributed by atoms with Crippen molar-refractivity contribution in [2.45, 2.75) is 51.0 Å². The van der Waals surface area contributed by atoms with Crippen LogP contribution in [0.25, 0.3) is 0 Å². The highest BCUT2D eigenvalue weighted by molar-refractivity contribution is 6.15. The predicted octanol–water partition coefficient (Wildman–Crippen LogP) is 5.17. The number of methoxy groups -OCH3 is 2. The van der Waals surface area contributed by atoms with E-state index < -0.39 is 0 Å². The van der Waals surface area contributed by atoms with Gasteiger partial charge in [-0.3, -0.25) is 9.79 Å². The van der Waals surface area contributed by atoms with E-state index in [2.05, 4.69) is 12.1 Å². The van der Waals surface area contributed by atoms with Crippen molar-refractivity contribution in [1.82, 2.24) is 0 Å². The number of ketones is 1. The predicted molar refractivity (Wildman–Crippen MR) is 111 cm³/mol. The van der Waals surface area contributed by atoms with E-state index in [-0.39, 0.29) is 5.78 Å². The van der Waals surface area contributed by atoms with Crippen LogP contribution in [0.2, 0.25) is 0 Å². The molecule has 2 atom stereocenters. The van der Waals surface area contributed by atoms with Crippen molar-refractivity contribution in [2.24, 2.45) is 4.99 Å². The molecule has 28 heavy (non-hydrogen) atoms. The maximum absolute atomic E-state index is 12.0. The molecule has 0 spiro atoms. The van der Waals surface area contributed by atoms with E-state index in [1.807, 2.05) is 31.2 Å². The number of benzene rings is 2. The van der Waals surface area contributed by atoms with Crippen LogP contribution in [0.1, 0.15) is 72.0 Å². The third kappa shape index (κ3) is 3.21. The molecule has 0 radical (unpaired) electrons. The van der Waals surface area contributed by atoms with Crippen LogP contribution >= 0.6 is 0 Å². The van der Waals surface area contributed by atoms with Crippen LogP contribution < -0.4 is 9.47 Å². The Morgan fingerprint density at radius 2 is 1.71 bits per heavy atom. The van der Waals surface area contributed by atoms with E-state index in [0.29, 0.717) is 18.4 Å². The van der Waals surface area contributed by atoms with Crippen LogP contribution in [-0.2, 0) is 0 Å². The molecular formula is C24H27NO3.